The van der Waals surface area contributed by atoms with Crippen molar-refractivity contribution in [3.63, 3.8) is 0 Å². The molecule has 0 fully saturated rings. The van der Waals surface area contributed by atoms with E-state index in [4.69, 9.17) is 0 Å². The average molecular weight is 1330 g/mol. The zero-order valence-electron chi connectivity index (χ0n) is 53.7. The molecule has 0 spiro atoms. The molecule has 6 aliphatic rings. The van der Waals surface area contributed by atoms with Gasteiger partial charge in [-0.3, -0.25) is 4.79 Å². The van der Waals surface area contributed by atoms with E-state index in [1.54, 1.807) is 0 Å². The van der Waals surface area contributed by atoms with E-state index in [1.807, 2.05) is 72.8 Å². The number of hydrogen-bond acceptors (Lipinski definition) is 5. The molecule has 0 aromatic heterocycles. The van der Waals surface area contributed by atoms with Crippen molar-refractivity contribution < 1.29 is 29.7 Å². The van der Waals surface area contributed by atoms with E-state index in [0.29, 0.717) is 6.42 Å². The molecule has 98 heavy (non-hydrogen) atoms. The van der Waals surface area contributed by atoms with Crippen LogP contribution in [0.2, 0.25) is 0 Å². The number of carboxylic acids is 3. The van der Waals surface area contributed by atoms with Gasteiger partial charge in [-0.15, -0.1) is 0 Å². The first-order valence-corrected chi connectivity index (χ1v) is 36.6. The van der Waals surface area contributed by atoms with Crippen molar-refractivity contribution in [2.45, 2.75) is 74.2 Å². The molecule has 6 nitrogen and oxygen atoms in total. The maximum atomic E-state index is 11.8. The third-order valence-corrected chi connectivity index (χ3v) is 25.1. The molecule has 0 amide bonds. The van der Waals surface area contributed by atoms with Gasteiger partial charge < -0.3 is 24.9 Å². The number of benzene rings is 13. The Balaban J connectivity index is 0.000000110. The van der Waals surface area contributed by atoms with Crippen LogP contribution in [0.15, 0.2) is 414 Å². The summed E-state index contributed by atoms with van der Waals surface area (Å²) in [5, 5.41) is 32.8. The summed E-state index contributed by atoms with van der Waals surface area (Å²) in [5.41, 5.74) is 8.62. The molecule has 9 heteroatoms. The Morgan fingerprint density at radius 1 is 0.245 bits per heavy atom. The topological polar surface area (TPSA) is 118 Å². The minimum absolute atomic E-state index is 0.0146. The SMILES string of the molecule is O=C([O-])C1C2c3ccccc3C(c3ccccc32)C1C(=O)O.O=C([O-])C1CC2c3ccccc3C1c1ccccc12.c1ccc([S+](c2ccccc2)c2ccccc2)cc1.c1ccc([S+](c2ccccc2)c2ccccc2)cc1.c1ccc([S+](c2ccccc2)c2ccccc2)cc1. The Morgan fingerprint density at radius 3 is 0.622 bits per heavy atom. The van der Waals surface area contributed by atoms with Gasteiger partial charge in [0.2, 0.25) is 0 Å². The minimum Gasteiger partial charge on any atom is -0.550 e. The molecular weight excluding hydrogens is 1260 g/mol. The molecule has 4 bridgehead atoms. The lowest BCUT2D eigenvalue weighted by Crippen LogP contribution is -2.51. The first-order valence-electron chi connectivity index (χ1n) is 32.9. The normalized spacial score (nSPS) is 17.6. The molecule has 6 aliphatic carbocycles. The fourth-order valence-corrected chi connectivity index (χ4v) is 20.7. The lowest BCUT2D eigenvalue weighted by Gasteiger charge is -2.49. The predicted molar refractivity (Wildman–Crippen MR) is 390 cm³/mol. The lowest BCUT2D eigenvalue weighted by molar-refractivity contribution is -0.315. The molecule has 3 atom stereocenters. The van der Waals surface area contributed by atoms with Gasteiger partial charge in [-0.1, -0.05) is 261 Å². The number of carboxylic acid groups (broad SMARTS) is 3. The zero-order valence-corrected chi connectivity index (χ0v) is 56.1. The molecule has 13 aromatic rings. The number of aliphatic carboxylic acids is 3. The van der Waals surface area contributed by atoms with Gasteiger partial charge in [0.1, 0.15) is 0 Å². The highest BCUT2D eigenvalue weighted by Crippen LogP contribution is 2.59. The Morgan fingerprint density at radius 2 is 0.429 bits per heavy atom. The van der Waals surface area contributed by atoms with Crippen LogP contribution in [-0.2, 0) is 47.1 Å². The number of hydrogen-bond donors (Lipinski definition) is 1. The third-order valence-electron chi connectivity index (χ3n) is 18.4. The van der Waals surface area contributed by atoms with E-state index >= 15 is 0 Å². The Labute approximate surface area is 582 Å². The molecule has 480 valence electrons. The van der Waals surface area contributed by atoms with Gasteiger partial charge in [0.05, 0.1) is 38.6 Å². The van der Waals surface area contributed by atoms with Crippen molar-refractivity contribution in [2.75, 3.05) is 0 Å². The summed E-state index contributed by atoms with van der Waals surface area (Å²) < 4.78 is 0. The van der Waals surface area contributed by atoms with Gasteiger partial charge in [0, 0.05) is 47.4 Å². The molecular formula is C89H71O6S3+. The monoisotopic (exact) mass is 1330 g/mol. The molecule has 0 radical (unpaired) electrons. The van der Waals surface area contributed by atoms with Crippen LogP contribution in [0, 0.1) is 17.8 Å². The summed E-state index contributed by atoms with van der Waals surface area (Å²) in [6.45, 7) is 0. The smallest absolute Gasteiger partial charge is 0.308 e. The van der Waals surface area contributed by atoms with E-state index in [0.717, 1.165) is 22.3 Å². The second-order valence-corrected chi connectivity index (χ2v) is 30.2. The lowest BCUT2D eigenvalue weighted by atomic mass is 9.54. The standard InChI is InChI=1S/C18H14O4.3C18H15S.C17H14O2/c19-17(20)15-13-9-5-1-2-6-10(9)14(16(15)18(21)22)12-8-4-3-7-11(12)13;3*1-4-10-16(11-5-1)19(17-12-6-2-7-13-17)18-14-8-3-9-15-18;18-17(19)15-9-14-10-5-1-3-7-12(10)16(15)13-8-4-2-6-11(13)14/h1-8,13-16H,(H,19,20)(H,21,22);3*1-15H;1-8,14-16H,9H2,(H,18,19)/q;3*+1;/p-2. The number of carbonyl (C=O) groups excluding carboxylic acids is 2. The Hall–Kier alpha value is -10.7. The Kier molecular flexibility index (Phi) is 21.2. The molecule has 0 heterocycles. The van der Waals surface area contributed by atoms with Crippen molar-refractivity contribution in [1.29, 1.82) is 0 Å². The molecule has 3 unspecified atom stereocenters. The highest BCUT2D eigenvalue weighted by molar-refractivity contribution is 7.97. The van der Waals surface area contributed by atoms with Crippen LogP contribution in [0.1, 0.15) is 74.6 Å². The molecule has 0 aliphatic heterocycles. The van der Waals surface area contributed by atoms with Crippen LogP contribution in [0.5, 0.6) is 0 Å². The second-order valence-electron chi connectivity index (χ2n) is 24.1. The molecule has 1 N–H and O–H groups in total. The maximum Gasteiger partial charge on any atom is 0.308 e. The van der Waals surface area contributed by atoms with Crippen LogP contribution in [-0.4, -0.2) is 23.0 Å². The van der Waals surface area contributed by atoms with Gasteiger partial charge in [0.15, 0.2) is 44.1 Å². The van der Waals surface area contributed by atoms with Crippen LogP contribution >= 0.6 is 0 Å². The van der Waals surface area contributed by atoms with Gasteiger partial charge in [-0.05, 0) is 160 Å². The number of rotatable bonds is 12. The van der Waals surface area contributed by atoms with Crippen molar-refractivity contribution in [3.8, 4) is 0 Å². The summed E-state index contributed by atoms with van der Waals surface area (Å²) in [7, 11) is -0.0439. The quantitative estimate of drug-likeness (QED) is 0.122. The number of fused-ring (bicyclic) bond motifs is 2. The van der Waals surface area contributed by atoms with Crippen molar-refractivity contribution >= 4 is 50.6 Å². The van der Waals surface area contributed by atoms with Crippen LogP contribution < -0.4 is 10.2 Å². The minimum atomic E-state index is -1.29. The average Bonchev–Trinajstić information content (AvgIpc) is 0.713. The van der Waals surface area contributed by atoms with Gasteiger partial charge in [-0.2, -0.15) is 0 Å². The fourth-order valence-electron chi connectivity index (χ4n) is 14.4. The predicted octanol–water partition coefficient (Wildman–Crippen LogP) is 17.7. The zero-order chi connectivity index (χ0) is 67.2. The second kappa shape index (κ2) is 31.5. The molecule has 13 aromatic carbocycles. The van der Waals surface area contributed by atoms with Gasteiger partial charge >= 0.3 is 5.97 Å². The first kappa shape index (κ1) is 66.0. The summed E-state index contributed by atoms with van der Waals surface area (Å²) in [6, 6.07) is 128. The molecule has 0 saturated heterocycles. The van der Waals surface area contributed by atoms with E-state index in [-0.39, 0.29) is 44.5 Å². The van der Waals surface area contributed by atoms with Gasteiger partial charge in [-0.25, -0.2) is 0 Å². The molecule has 19 rings (SSSR count). The third kappa shape index (κ3) is 14.4. The van der Waals surface area contributed by atoms with Crippen LogP contribution in [0.4, 0.5) is 0 Å². The van der Waals surface area contributed by atoms with E-state index in [9.17, 15) is 29.7 Å². The fraction of sp³-hybridized carbons (Fsp3) is 0.0899. The van der Waals surface area contributed by atoms with Gasteiger partial charge in [0.25, 0.3) is 0 Å². The van der Waals surface area contributed by atoms with Crippen LogP contribution in [0.25, 0.3) is 0 Å². The molecule has 0 saturated carbocycles. The largest absolute Gasteiger partial charge is 0.550 e. The summed E-state index contributed by atoms with van der Waals surface area (Å²) in [6.07, 6.45) is 0.668. The Bertz CT molecular complexity index is 4020. The van der Waals surface area contributed by atoms with Crippen molar-refractivity contribution in [2.24, 2.45) is 17.8 Å². The summed E-state index contributed by atoms with van der Waals surface area (Å²) >= 11 is 0. The van der Waals surface area contributed by atoms with Crippen molar-refractivity contribution in [1.82, 2.24) is 0 Å². The summed E-state index contributed by atoms with van der Waals surface area (Å²) in [5.74, 6) is -6.41. The van der Waals surface area contributed by atoms with E-state index in [2.05, 4.69) is 297 Å². The number of carbonyl (C=O) groups is 3. The summed E-state index contributed by atoms with van der Waals surface area (Å²) in [4.78, 5) is 47.2. The van der Waals surface area contributed by atoms with E-state index in [1.165, 1.54) is 66.3 Å². The van der Waals surface area contributed by atoms with Crippen LogP contribution in [0.3, 0.4) is 0 Å². The first-order chi connectivity index (χ1) is 48.2. The highest BCUT2D eigenvalue weighted by Gasteiger charge is 2.53. The maximum absolute atomic E-state index is 11.8. The highest BCUT2D eigenvalue weighted by atomic mass is 32.2. The van der Waals surface area contributed by atoms with Crippen molar-refractivity contribution in [3.05, 3.63) is 415 Å². The van der Waals surface area contributed by atoms with E-state index < -0.39 is 47.5 Å².